The maximum Gasteiger partial charge on any atom is 0.191 e. The summed E-state index contributed by atoms with van der Waals surface area (Å²) in [5.41, 5.74) is 1.10. The Bertz CT molecular complexity index is 561. The van der Waals surface area contributed by atoms with Crippen molar-refractivity contribution < 1.29 is 9.13 Å². The zero-order valence-electron chi connectivity index (χ0n) is 15.2. The van der Waals surface area contributed by atoms with Gasteiger partial charge in [-0.3, -0.25) is 4.99 Å². The number of halogens is 1. The fourth-order valence-electron chi connectivity index (χ4n) is 3.92. The molecular formula is C20H30FN3O. The van der Waals surface area contributed by atoms with Gasteiger partial charge in [0, 0.05) is 31.2 Å². The van der Waals surface area contributed by atoms with E-state index in [4.69, 9.17) is 9.73 Å². The highest BCUT2D eigenvalue weighted by Gasteiger charge is 2.34. The van der Waals surface area contributed by atoms with Crippen molar-refractivity contribution in [2.45, 2.75) is 56.9 Å². The highest BCUT2D eigenvalue weighted by Crippen LogP contribution is 2.35. The van der Waals surface area contributed by atoms with Crippen molar-refractivity contribution in [1.29, 1.82) is 0 Å². The number of benzene rings is 1. The SMILES string of the molecule is CCNC(=NCC1(c2ccc(F)cc2)CCOCC1)NC1CCCC1. The summed E-state index contributed by atoms with van der Waals surface area (Å²) in [4.78, 5) is 4.92. The van der Waals surface area contributed by atoms with Crippen molar-refractivity contribution in [2.24, 2.45) is 4.99 Å². The molecule has 4 nitrogen and oxygen atoms in total. The first-order valence-electron chi connectivity index (χ1n) is 9.60. The Balaban J connectivity index is 1.76. The van der Waals surface area contributed by atoms with Crippen LogP contribution >= 0.6 is 0 Å². The maximum absolute atomic E-state index is 13.3. The maximum atomic E-state index is 13.3. The molecular weight excluding hydrogens is 317 g/mol. The topological polar surface area (TPSA) is 45.7 Å². The Morgan fingerprint density at radius 3 is 2.52 bits per heavy atom. The number of hydrogen-bond donors (Lipinski definition) is 2. The van der Waals surface area contributed by atoms with Gasteiger partial charge in [0.05, 0.1) is 6.54 Å². The Morgan fingerprint density at radius 2 is 1.88 bits per heavy atom. The monoisotopic (exact) mass is 347 g/mol. The van der Waals surface area contributed by atoms with E-state index >= 15 is 0 Å². The molecule has 1 aliphatic heterocycles. The summed E-state index contributed by atoms with van der Waals surface area (Å²) in [5.74, 6) is 0.716. The summed E-state index contributed by atoms with van der Waals surface area (Å²) in [7, 11) is 0. The normalized spacial score (nSPS) is 21.3. The van der Waals surface area contributed by atoms with Crippen LogP contribution in [0.25, 0.3) is 0 Å². The molecule has 0 aromatic heterocycles. The first-order chi connectivity index (χ1) is 12.2. The minimum Gasteiger partial charge on any atom is -0.381 e. The van der Waals surface area contributed by atoms with Crippen LogP contribution < -0.4 is 10.6 Å². The zero-order chi connectivity index (χ0) is 17.5. The molecule has 3 rings (SSSR count). The van der Waals surface area contributed by atoms with Gasteiger partial charge in [0.15, 0.2) is 5.96 Å². The molecule has 0 radical (unpaired) electrons. The van der Waals surface area contributed by atoms with E-state index in [1.165, 1.54) is 25.7 Å². The first kappa shape index (κ1) is 18.2. The van der Waals surface area contributed by atoms with E-state index in [1.807, 2.05) is 12.1 Å². The average molecular weight is 347 g/mol. The number of guanidine groups is 1. The minimum absolute atomic E-state index is 0.0655. The summed E-state index contributed by atoms with van der Waals surface area (Å²) in [5, 5.41) is 6.96. The Kier molecular flexibility index (Phi) is 6.29. The number of rotatable bonds is 5. The molecule has 2 N–H and O–H groups in total. The number of aliphatic imine (C=N–C) groups is 1. The molecule has 25 heavy (non-hydrogen) atoms. The average Bonchev–Trinajstić information content (AvgIpc) is 3.14. The van der Waals surface area contributed by atoms with Gasteiger partial charge in [-0.25, -0.2) is 4.39 Å². The standard InChI is InChI=1S/C20H30FN3O/c1-2-22-19(24-18-5-3-4-6-18)23-15-20(11-13-25-14-12-20)16-7-9-17(21)10-8-16/h7-10,18H,2-6,11-15H2,1H3,(H2,22,23,24). The van der Waals surface area contributed by atoms with Gasteiger partial charge in [-0.05, 0) is 50.3 Å². The van der Waals surface area contributed by atoms with Crippen molar-refractivity contribution in [3.63, 3.8) is 0 Å². The van der Waals surface area contributed by atoms with Crippen LogP contribution in [0.15, 0.2) is 29.3 Å². The first-order valence-corrected chi connectivity index (χ1v) is 9.60. The summed E-state index contributed by atoms with van der Waals surface area (Å²) in [6.07, 6.45) is 6.89. The number of ether oxygens (including phenoxy) is 1. The Morgan fingerprint density at radius 1 is 1.20 bits per heavy atom. The molecule has 0 unspecified atom stereocenters. The van der Waals surface area contributed by atoms with Crippen LogP contribution in [-0.2, 0) is 10.2 Å². The lowest BCUT2D eigenvalue weighted by Crippen LogP contribution is -2.44. The van der Waals surface area contributed by atoms with E-state index in [0.29, 0.717) is 12.6 Å². The van der Waals surface area contributed by atoms with Crippen molar-refractivity contribution in [1.82, 2.24) is 10.6 Å². The predicted octanol–water partition coefficient (Wildman–Crippen LogP) is 3.37. The number of nitrogens with one attached hydrogen (secondary N) is 2. The second-order valence-electron chi connectivity index (χ2n) is 7.22. The highest BCUT2D eigenvalue weighted by atomic mass is 19.1. The van der Waals surface area contributed by atoms with Crippen molar-refractivity contribution in [3.05, 3.63) is 35.6 Å². The summed E-state index contributed by atoms with van der Waals surface area (Å²) in [6.45, 7) is 5.12. The van der Waals surface area contributed by atoms with Gasteiger partial charge in [-0.1, -0.05) is 25.0 Å². The lowest BCUT2D eigenvalue weighted by Gasteiger charge is -2.36. The molecule has 1 saturated carbocycles. The lowest BCUT2D eigenvalue weighted by molar-refractivity contribution is 0.0530. The second-order valence-corrected chi connectivity index (χ2v) is 7.22. The largest absolute Gasteiger partial charge is 0.381 e. The quantitative estimate of drug-likeness (QED) is 0.634. The van der Waals surface area contributed by atoms with Crippen LogP contribution in [0.1, 0.15) is 51.0 Å². The van der Waals surface area contributed by atoms with Crippen molar-refractivity contribution >= 4 is 5.96 Å². The molecule has 0 atom stereocenters. The third-order valence-corrected chi connectivity index (χ3v) is 5.49. The number of hydrogen-bond acceptors (Lipinski definition) is 2. The van der Waals surface area contributed by atoms with Gasteiger partial charge in [-0.2, -0.15) is 0 Å². The van der Waals surface area contributed by atoms with E-state index in [9.17, 15) is 4.39 Å². The van der Waals surface area contributed by atoms with Crippen LogP contribution in [0.3, 0.4) is 0 Å². The molecule has 0 spiro atoms. The van der Waals surface area contributed by atoms with Gasteiger partial charge in [0.1, 0.15) is 5.82 Å². The van der Waals surface area contributed by atoms with Crippen molar-refractivity contribution in [3.8, 4) is 0 Å². The van der Waals surface area contributed by atoms with Crippen LogP contribution in [-0.4, -0.2) is 38.3 Å². The van der Waals surface area contributed by atoms with E-state index in [0.717, 1.165) is 44.1 Å². The Hall–Kier alpha value is -1.62. The molecule has 1 aromatic carbocycles. The summed E-state index contributed by atoms with van der Waals surface area (Å²) >= 11 is 0. The van der Waals surface area contributed by atoms with Gasteiger partial charge in [0.2, 0.25) is 0 Å². The second kappa shape index (κ2) is 8.65. The molecule has 1 heterocycles. The third kappa shape index (κ3) is 4.72. The predicted molar refractivity (Wildman–Crippen MR) is 99.5 cm³/mol. The van der Waals surface area contributed by atoms with Gasteiger partial charge >= 0.3 is 0 Å². The fourth-order valence-corrected chi connectivity index (χ4v) is 3.92. The Labute approximate surface area is 150 Å². The zero-order valence-corrected chi connectivity index (χ0v) is 15.2. The van der Waals surface area contributed by atoms with E-state index in [2.05, 4.69) is 17.6 Å². The van der Waals surface area contributed by atoms with Crippen LogP contribution in [0.4, 0.5) is 4.39 Å². The summed E-state index contributed by atoms with van der Waals surface area (Å²) < 4.78 is 18.9. The van der Waals surface area contributed by atoms with Crippen LogP contribution in [0.2, 0.25) is 0 Å². The molecule has 138 valence electrons. The minimum atomic E-state index is -0.189. The van der Waals surface area contributed by atoms with Gasteiger partial charge in [0.25, 0.3) is 0 Å². The molecule has 0 bridgehead atoms. The number of nitrogens with zero attached hydrogens (tertiary/aromatic N) is 1. The molecule has 0 amide bonds. The van der Waals surface area contributed by atoms with Crippen LogP contribution in [0, 0.1) is 5.82 Å². The van der Waals surface area contributed by atoms with E-state index < -0.39 is 0 Å². The van der Waals surface area contributed by atoms with Crippen LogP contribution in [0.5, 0.6) is 0 Å². The van der Waals surface area contributed by atoms with Gasteiger partial charge < -0.3 is 15.4 Å². The third-order valence-electron chi connectivity index (χ3n) is 5.49. The molecule has 1 saturated heterocycles. The molecule has 1 aromatic rings. The summed E-state index contributed by atoms with van der Waals surface area (Å²) in [6, 6.07) is 7.46. The van der Waals surface area contributed by atoms with E-state index in [1.54, 1.807) is 12.1 Å². The smallest absolute Gasteiger partial charge is 0.191 e. The molecule has 5 heteroatoms. The molecule has 1 aliphatic carbocycles. The van der Waals surface area contributed by atoms with Gasteiger partial charge in [-0.15, -0.1) is 0 Å². The fraction of sp³-hybridized carbons (Fsp3) is 0.650. The lowest BCUT2D eigenvalue weighted by atomic mass is 9.74. The molecule has 2 fully saturated rings. The van der Waals surface area contributed by atoms with Crippen molar-refractivity contribution in [2.75, 3.05) is 26.3 Å². The molecule has 2 aliphatic rings. The highest BCUT2D eigenvalue weighted by molar-refractivity contribution is 5.80. The van der Waals surface area contributed by atoms with E-state index in [-0.39, 0.29) is 11.2 Å².